The van der Waals surface area contributed by atoms with Gasteiger partial charge >= 0.3 is 0 Å². The molecule has 0 saturated carbocycles. The monoisotopic (exact) mass is 425 g/mol. The van der Waals surface area contributed by atoms with E-state index in [1.54, 1.807) is 37.7 Å². The Hall–Kier alpha value is -2.64. The van der Waals surface area contributed by atoms with E-state index < -0.39 is 0 Å². The van der Waals surface area contributed by atoms with Crippen molar-refractivity contribution in [3.8, 4) is 11.5 Å². The maximum atomic E-state index is 12.8. The number of carbonyl (C=O) groups excluding carboxylic acids is 1. The molecule has 4 rings (SSSR count). The molecule has 158 valence electrons. The summed E-state index contributed by atoms with van der Waals surface area (Å²) in [5.41, 5.74) is 1.79. The zero-order valence-electron chi connectivity index (χ0n) is 17.6. The number of anilines is 1. The van der Waals surface area contributed by atoms with Crippen LogP contribution in [0.4, 0.5) is 5.69 Å². The number of thiazole rings is 1. The van der Waals surface area contributed by atoms with Crippen molar-refractivity contribution in [3.63, 3.8) is 0 Å². The van der Waals surface area contributed by atoms with Crippen LogP contribution < -0.4 is 14.8 Å². The van der Waals surface area contributed by atoms with E-state index in [1.807, 2.05) is 19.1 Å². The first kappa shape index (κ1) is 20.6. The summed E-state index contributed by atoms with van der Waals surface area (Å²) in [6.07, 6.45) is 2.04. The average molecular weight is 426 g/mol. The zero-order chi connectivity index (χ0) is 21.1. The predicted octanol–water partition coefficient (Wildman–Crippen LogP) is 4.52. The Labute approximate surface area is 180 Å². The maximum absolute atomic E-state index is 12.8. The number of hydrogen-bond donors (Lipinski definition) is 1. The van der Waals surface area contributed by atoms with Gasteiger partial charge in [-0.05, 0) is 57.1 Å². The molecular formula is C23H27N3O3S. The fourth-order valence-corrected chi connectivity index (χ4v) is 5.06. The molecule has 1 N–H and O–H groups in total. The quantitative estimate of drug-likeness (QED) is 0.629. The van der Waals surface area contributed by atoms with E-state index >= 15 is 0 Å². The summed E-state index contributed by atoms with van der Waals surface area (Å²) in [6.45, 7) is 3.75. The van der Waals surface area contributed by atoms with Gasteiger partial charge in [0, 0.05) is 17.7 Å². The lowest BCUT2D eigenvalue weighted by atomic mass is 9.96. The molecule has 1 amide bonds. The normalized spacial score (nSPS) is 16.4. The number of nitrogens with zero attached hydrogens (tertiary/aromatic N) is 2. The van der Waals surface area contributed by atoms with Crippen molar-refractivity contribution in [2.24, 2.45) is 0 Å². The van der Waals surface area contributed by atoms with E-state index in [9.17, 15) is 4.79 Å². The molecule has 0 spiro atoms. The molecule has 7 heteroatoms. The Kier molecular flexibility index (Phi) is 6.20. The Morgan fingerprint density at radius 1 is 1.13 bits per heavy atom. The molecule has 1 fully saturated rings. The van der Waals surface area contributed by atoms with Crippen LogP contribution in [-0.4, -0.2) is 49.1 Å². The van der Waals surface area contributed by atoms with Crippen LogP contribution in [0.5, 0.6) is 11.5 Å². The van der Waals surface area contributed by atoms with E-state index in [-0.39, 0.29) is 11.9 Å². The lowest BCUT2D eigenvalue weighted by Crippen LogP contribution is -2.45. The van der Waals surface area contributed by atoms with Crippen molar-refractivity contribution in [2.45, 2.75) is 31.7 Å². The SMILES string of the molecule is COc1ccc(NC(=O)C(C)N2CCC(c3nc4ccccc4s3)CC2)cc1OC. The summed E-state index contributed by atoms with van der Waals surface area (Å²) in [5.74, 6) is 1.69. The van der Waals surface area contributed by atoms with Crippen molar-refractivity contribution in [2.75, 3.05) is 32.6 Å². The molecule has 30 heavy (non-hydrogen) atoms. The van der Waals surface area contributed by atoms with E-state index in [2.05, 4.69) is 28.4 Å². The Morgan fingerprint density at radius 2 is 1.87 bits per heavy atom. The second kappa shape index (κ2) is 9.02. The van der Waals surface area contributed by atoms with Crippen LogP contribution in [0.15, 0.2) is 42.5 Å². The van der Waals surface area contributed by atoms with Gasteiger partial charge in [0.1, 0.15) is 0 Å². The Morgan fingerprint density at radius 3 is 2.57 bits per heavy atom. The summed E-state index contributed by atoms with van der Waals surface area (Å²) in [5, 5.41) is 4.22. The number of piperidine rings is 1. The van der Waals surface area contributed by atoms with Crippen molar-refractivity contribution in [1.82, 2.24) is 9.88 Å². The van der Waals surface area contributed by atoms with Crippen molar-refractivity contribution in [1.29, 1.82) is 0 Å². The van der Waals surface area contributed by atoms with Gasteiger partial charge in [-0.1, -0.05) is 12.1 Å². The third-order valence-electron chi connectivity index (χ3n) is 5.77. The Balaban J connectivity index is 1.35. The van der Waals surface area contributed by atoms with Gasteiger partial charge in [0.15, 0.2) is 11.5 Å². The first-order valence-corrected chi connectivity index (χ1v) is 11.0. The molecule has 1 aliphatic heterocycles. The standard InChI is InChI=1S/C23H27N3O3S/c1-15(22(27)24-17-8-9-19(28-2)20(14-17)29-3)26-12-10-16(11-13-26)23-25-18-6-4-5-7-21(18)30-23/h4-9,14-16H,10-13H2,1-3H3,(H,24,27). The minimum Gasteiger partial charge on any atom is -0.493 e. The highest BCUT2D eigenvalue weighted by molar-refractivity contribution is 7.18. The minimum absolute atomic E-state index is 0.0133. The summed E-state index contributed by atoms with van der Waals surface area (Å²) in [7, 11) is 3.18. The van der Waals surface area contributed by atoms with Crippen molar-refractivity contribution in [3.05, 3.63) is 47.5 Å². The molecule has 1 saturated heterocycles. The summed E-state index contributed by atoms with van der Waals surface area (Å²) in [6, 6.07) is 13.5. The summed E-state index contributed by atoms with van der Waals surface area (Å²) in [4.78, 5) is 19.9. The number of amides is 1. The molecule has 1 aromatic heterocycles. The summed E-state index contributed by atoms with van der Waals surface area (Å²) < 4.78 is 11.8. The fraction of sp³-hybridized carbons (Fsp3) is 0.391. The third kappa shape index (κ3) is 4.27. The lowest BCUT2D eigenvalue weighted by molar-refractivity contribution is -0.121. The van der Waals surface area contributed by atoms with Crippen molar-refractivity contribution < 1.29 is 14.3 Å². The van der Waals surface area contributed by atoms with Crippen LogP contribution in [0.3, 0.4) is 0 Å². The highest BCUT2D eigenvalue weighted by Gasteiger charge is 2.28. The molecule has 0 aliphatic carbocycles. The highest BCUT2D eigenvalue weighted by Crippen LogP contribution is 2.34. The topological polar surface area (TPSA) is 63.7 Å². The van der Waals surface area contributed by atoms with Gasteiger partial charge in [0.25, 0.3) is 0 Å². The smallest absolute Gasteiger partial charge is 0.241 e. The first-order valence-electron chi connectivity index (χ1n) is 10.2. The number of likely N-dealkylation sites (tertiary alicyclic amines) is 1. The van der Waals surface area contributed by atoms with Gasteiger partial charge in [-0.25, -0.2) is 4.98 Å². The average Bonchev–Trinajstić information content (AvgIpc) is 3.23. The molecular weight excluding hydrogens is 398 g/mol. The number of ether oxygens (including phenoxy) is 2. The Bertz CT molecular complexity index is 994. The molecule has 6 nitrogen and oxygen atoms in total. The number of rotatable bonds is 6. The van der Waals surface area contributed by atoms with E-state index in [4.69, 9.17) is 14.5 Å². The van der Waals surface area contributed by atoms with Gasteiger partial charge in [-0.3, -0.25) is 9.69 Å². The number of aromatic nitrogens is 1. The lowest BCUT2D eigenvalue weighted by Gasteiger charge is -2.34. The second-order valence-corrected chi connectivity index (χ2v) is 8.63. The van der Waals surface area contributed by atoms with Crippen LogP contribution >= 0.6 is 11.3 Å². The molecule has 3 aromatic rings. The molecule has 0 bridgehead atoms. The molecule has 1 aliphatic rings. The number of methoxy groups -OCH3 is 2. The van der Waals surface area contributed by atoms with Gasteiger partial charge in [-0.2, -0.15) is 0 Å². The fourth-order valence-electron chi connectivity index (χ4n) is 3.92. The number of benzene rings is 2. The van der Waals surface area contributed by atoms with Crippen LogP contribution in [0.25, 0.3) is 10.2 Å². The highest BCUT2D eigenvalue weighted by atomic mass is 32.1. The molecule has 1 unspecified atom stereocenters. The van der Waals surface area contributed by atoms with E-state index in [0.717, 1.165) is 31.4 Å². The predicted molar refractivity (Wildman–Crippen MR) is 121 cm³/mol. The number of fused-ring (bicyclic) bond motifs is 1. The molecule has 0 radical (unpaired) electrons. The van der Waals surface area contributed by atoms with Crippen LogP contribution in [-0.2, 0) is 4.79 Å². The molecule has 2 aromatic carbocycles. The minimum atomic E-state index is -0.200. The number of para-hydroxylation sites is 1. The van der Waals surface area contributed by atoms with Gasteiger partial charge in [0.05, 0.1) is 35.5 Å². The second-order valence-electron chi connectivity index (χ2n) is 7.57. The van der Waals surface area contributed by atoms with Gasteiger partial charge in [0.2, 0.25) is 5.91 Å². The zero-order valence-corrected chi connectivity index (χ0v) is 18.4. The molecule has 1 atom stereocenters. The van der Waals surface area contributed by atoms with Crippen LogP contribution in [0.2, 0.25) is 0 Å². The first-order chi connectivity index (χ1) is 14.6. The van der Waals surface area contributed by atoms with Gasteiger partial charge in [-0.15, -0.1) is 11.3 Å². The largest absolute Gasteiger partial charge is 0.493 e. The molecule has 2 heterocycles. The van der Waals surface area contributed by atoms with Crippen LogP contribution in [0, 0.1) is 0 Å². The number of hydrogen-bond acceptors (Lipinski definition) is 6. The number of carbonyl (C=O) groups is 1. The third-order valence-corrected chi connectivity index (χ3v) is 6.97. The van der Waals surface area contributed by atoms with E-state index in [1.165, 1.54) is 9.71 Å². The maximum Gasteiger partial charge on any atom is 0.241 e. The number of nitrogens with one attached hydrogen (secondary N) is 1. The van der Waals surface area contributed by atoms with Gasteiger partial charge < -0.3 is 14.8 Å². The van der Waals surface area contributed by atoms with E-state index in [0.29, 0.717) is 23.1 Å². The van der Waals surface area contributed by atoms with Crippen molar-refractivity contribution >= 4 is 33.1 Å². The summed E-state index contributed by atoms with van der Waals surface area (Å²) >= 11 is 1.80. The van der Waals surface area contributed by atoms with Crippen LogP contribution in [0.1, 0.15) is 30.7 Å².